The lowest BCUT2D eigenvalue weighted by atomic mass is 10.1. The average molecular weight is 294 g/mol. The summed E-state index contributed by atoms with van der Waals surface area (Å²) >= 11 is 0. The number of benzene rings is 1. The fourth-order valence-electron chi connectivity index (χ4n) is 2.91. The molecule has 2 N–H and O–H groups in total. The zero-order chi connectivity index (χ0) is 13.4. The first-order valence-electron chi connectivity index (χ1n) is 6.94. The van der Waals surface area contributed by atoms with Crippen molar-refractivity contribution >= 4 is 23.3 Å². The van der Waals surface area contributed by atoms with Gasteiger partial charge < -0.3 is 5.73 Å². The van der Waals surface area contributed by atoms with E-state index < -0.39 is 0 Å². The first-order valence-corrected chi connectivity index (χ1v) is 6.94. The van der Waals surface area contributed by atoms with E-state index in [1.54, 1.807) is 10.9 Å². The Hall–Kier alpha value is -1.39. The number of hydrogen-bond acceptors (Lipinski definition) is 3. The Labute approximate surface area is 124 Å². The lowest BCUT2D eigenvalue weighted by Crippen LogP contribution is -2.25. The second kappa shape index (κ2) is 5.94. The minimum Gasteiger partial charge on any atom is -0.328 e. The Morgan fingerprint density at radius 2 is 2.20 bits per heavy atom. The molecule has 0 unspecified atom stereocenters. The van der Waals surface area contributed by atoms with Crippen LogP contribution in [-0.4, -0.2) is 15.6 Å². The van der Waals surface area contributed by atoms with Gasteiger partial charge in [0.25, 0.3) is 5.56 Å². The molecule has 4 nitrogen and oxygen atoms in total. The Kier molecular flexibility index (Phi) is 4.45. The summed E-state index contributed by atoms with van der Waals surface area (Å²) in [6, 6.07) is 6.36. The van der Waals surface area contributed by atoms with E-state index in [0.717, 1.165) is 36.6 Å². The Morgan fingerprint density at radius 1 is 1.40 bits per heavy atom. The highest BCUT2D eigenvalue weighted by atomic mass is 35.5. The summed E-state index contributed by atoms with van der Waals surface area (Å²) in [5, 5.41) is 0.724. The van der Waals surface area contributed by atoms with Crippen LogP contribution in [-0.2, 0) is 6.42 Å². The van der Waals surface area contributed by atoms with Crippen LogP contribution < -0.4 is 11.3 Å². The van der Waals surface area contributed by atoms with Crippen molar-refractivity contribution in [1.29, 1.82) is 0 Å². The highest BCUT2D eigenvalue weighted by Gasteiger charge is 2.24. The minimum absolute atomic E-state index is 0. The molecule has 2 atom stereocenters. The number of hydrogen-bond donors (Lipinski definition) is 1. The lowest BCUT2D eigenvalue weighted by Gasteiger charge is -2.14. The molecule has 5 heteroatoms. The molecule has 2 aromatic rings. The van der Waals surface area contributed by atoms with Crippen LogP contribution in [0.1, 0.15) is 37.8 Å². The predicted molar refractivity (Wildman–Crippen MR) is 83.5 cm³/mol. The van der Waals surface area contributed by atoms with Gasteiger partial charge in [0, 0.05) is 12.1 Å². The van der Waals surface area contributed by atoms with Crippen LogP contribution in [0.15, 0.2) is 29.3 Å². The van der Waals surface area contributed by atoms with Gasteiger partial charge in [-0.25, -0.2) is 4.98 Å². The summed E-state index contributed by atoms with van der Waals surface area (Å²) in [5.41, 5.74) is 7.96. The summed E-state index contributed by atoms with van der Waals surface area (Å²) in [5.74, 6) is 0. The van der Waals surface area contributed by atoms with Crippen molar-refractivity contribution in [2.24, 2.45) is 5.73 Å². The molecular weight excluding hydrogens is 274 g/mol. The third-order valence-corrected chi connectivity index (χ3v) is 4.09. The Morgan fingerprint density at radius 3 is 2.85 bits per heavy atom. The third-order valence-electron chi connectivity index (χ3n) is 4.09. The number of nitrogens with zero attached hydrogens (tertiary/aromatic N) is 2. The first kappa shape index (κ1) is 15.0. The molecule has 1 aromatic heterocycles. The number of fused-ring (bicyclic) bond motifs is 1. The molecule has 0 saturated heterocycles. The van der Waals surface area contributed by atoms with Gasteiger partial charge in [-0.05, 0) is 43.4 Å². The van der Waals surface area contributed by atoms with Crippen molar-refractivity contribution in [2.45, 2.75) is 44.7 Å². The van der Waals surface area contributed by atoms with Gasteiger partial charge in [0.15, 0.2) is 0 Å². The summed E-state index contributed by atoms with van der Waals surface area (Å²) in [6.45, 7) is 2.09. The molecule has 1 aliphatic rings. The highest BCUT2D eigenvalue weighted by molar-refractivity contribution is 5.85. The normalized spacial score (nSPS) is 21.9. The zero-order valence-electron chi connectivity index (χ0n) is 11.6. The van der Waals surface area contributed by atoms with E-state index >= 15 is 0 Å². The van der Waals surface area contributed by atoms with Crippen LogP contribution in [0.4, 0.5) is 0 Å². The monoisotopic (exact) mass is 293 g/mol. The van der Waals surface area contributed by atoms with Crippen molar-refractivity contribution in [3.63, 3.8) is 0 Å². The smallest absolute Gasteiger partial charge is 0.261 e. The molecular formula is C15H20ClN3O. The molecule has 0 radical (unpaired) electrons. The van der Waals surface area contributed by atoms with Crippen LogP contribution in [0.5, 0.6) is 0 Å². The van der Waals surface area contributed by atoms with Gasteiger partial charge in [-0.3, -0.25) is 9.36 Å². The number of halogens is 1. The van der Waals surface area contributed by atoms with Crippen molar-refractivity contribution in [2.75, 3.05) is 0 Å². The van der Waals surface area contributed by atoms with E-state index in [1.807, 2.05) is 18.2 Å². The van der Waals surface area contributed by atoms with Crippen molar-refractivity contribution in [1.82, 2.24) is 9.55 Å². The minimum atomic E-state index is 0. The first-order chi connectivity index (χ1) is 9.19. The van der Waals surface area contributed by atoms with Crippen molar-refractivity contribution < 1.29 is 0 Å². The standard InChI is InChI=1S/C15H19N3O.ClH/c1-2-10-3-6-14-13(7-10)15(19)18(9-17-14)12-5-4-11(16)8-12;/h3,6-7,9,11-12H,2,4-5,8,16H2,1H3;1H/t11-,12-;/m1./s1. The maximum atomic E-state index is 12.6. The van der Waals surface area contributed by atoms with Gasteiger partial charge in [0.2, 0.25) is 0 Å². The van der Waals surface area contributed by atoms with Crippen LogP contribution in [0.25, 0.3) is 10.9 Å². The second-order valence-corrected chi connectivity index (χ2v) is 5.39. The van der Waals surface area contributed by atoms with Gasteiger partial charge in [0.1, 0.15) is 0 Å². The van der Waals surface area contributed by atoms with Crippen LogP contribution in [0.3, 0.4) is 0 Å². The van der Waals surface area contributed by atoms with E-state index in [-0.39, 0.29) is 30.0 Å². The number of aryl methyl sites for hydroxylation is 1. The van der Waals surface area contributed by atoms with Gasteiger partial charge in [-0.15, -0.1) is 12.4 Å². The van der Waals surface area contributed by atoms with E-state index in [9.17, 15) is 4.79 Å². The Bertz CT molecular complexity index is 668. The molecule has 0 bridgehead atoms. The average Bonchev–Trinajstić information content (AvgIpc) is 2.85. The number of nitrogens with two attached hydrogens (primary N) is 1. The van der Waals surface area contributed by atoms with E-state index in [1.165, 1.54) is 5.56 Å². The molecule has 1 fully saturated rings. The SMILES string of the molecule is CCc1ccc2ncn([C@@H]3CC[C@@H](N)C3)c(=O)c2c1.Cl. The molecule has 1 aliphatic carbocycles. The van der Waals surface area contributed by atoms with Crippen molar-refractivity contribution in [3.05, 3.63) is 40.4 Å². The van der Waals surface area contributed by atoms with Crippen LogP contribution in [0, 0.1) is 0 Å². The summed E-state index contributed by atoms with van der Waals surface area (Å²) in [6.07, 6.45) is 5.45. The fourth-order valence-corrected chi connectivity index (χ4v) is 2.91. The zero-order valence-corrected chi connectivity index (χ0v) is 12.4. The topological polar surface area (TPSA) is 60.9 Å². The highest BCUT2D eigenvalue weighted by Crippen LogP contribution is 2.27. The fraction of sp³-hybridized carbons (Fsp3) is 0.467. The van der Waals surface area contributed by atoms with Crippen LogP contribution in [0.2, 0.25) is 0 Å². The van der Waals surface area contributed by atoms with Gasteiger partial charge in [-0.2, -0.15) is 0 Å². The molecule has 1 heterocycles. The van der Waals surface area contributed by atoms with E-state index in [2.05, 4.69) is 11.9 Å². The number of rotatable bonds is 2. The molecule has 0 aliphatic heterocycles. The van der Waals surface area contributed by atoms with Crippen molar-refractivity contribution in [3.8, 4) is 0 Å². The van der Waals surface area contributed by atoms with E-state index in [0.29, 0.717) is 0 Å². The predicted octanol–water partition coefficient (Wildman–Crippen LogP) is 2.43. The molecule has 3 rings (SSSR count). The maximum absolute atomic E-state index is 12.6. The molecule has 1 saturated carbocycles. The van der Waals surface area contributed by atoms with Gasteiger partial charge in [-0.1, -0.05) is 13.0 Å². The largest absolute Gasteiger partial charge is 0.328 e. The Balaban J connectivity index is 0.00000147. The quantitative estimate of drug-likeness (QED) is 0.925. The summed E-state index contributed by atoms with van der Waals surface area (Å²) < 4.78 is 1.77. The molecule has 1 aromatic carbocycles. The van der Waals surface area contributed by atoms with Gasteiger partial charge in [0.05, 0.1) is 17.2 Å². The molecule has 20 heavy (non-hydrogen) atoms. The molecule has 0 amide bonds. The molecule has 0 spiro atoms. The van der Waals surface area contributed by atoms with Gasteiger partial charge >= 0.3 is 0 Å². The second-order valence-electron chi connectivity index (χ2n) is 5.39. The summed E-state index contributed by atoms with van der Waals surface area (Å²) in [4.78, 5) is 17.0. The number of aromatic nitrogens is 2. The van der Waals surface area contributed by atoms with E-state index in [4.69, 9.17) is 5.73 Å². The third kappa shape index (κ3) is 2.58. The van der Waals surface area contributed by atoms with Crippen LogP contribution >= 0.6 is 12.4 Å². The lowest BCUT2D eigenvalue weighted by molar-refractivity contribution is 0.491. The molecule has 108 valence electrons. The summed E-state index contributed by atoms with van der Waals surface area (Å²) in [7, 11) is 0. The maximum Gasteiger partial charge on any atom is 0.261 e.